The van der Waals surface area contributed by atoms with Crippen molar-refractivity contribution in [1.29, 1.82) is 0 Å². The highest BCUT2D eigenvalue weighted by atomic mass is 32.2. The molecular weight excluding hydrogens is 320 g/mol. The lowest BCUT2D eigenvalue weighted by Gasteiger charge is -2.31. The Balaban J connectivity index is 1.52. The van der Waals surface area contributed by atoms with Gasteiger partial charge in [0.15, 0.2) is 0 Å². The summed E-state index contributed by atoms with van der Waals surface area (Å²) in [4.78, 5) is 3.85. The molecule has 6 heteroatoms. The summed E-state index contributed by atoms with van der Waals surface area (Å²) in [5, 5.41) is 17.9. The van der Waals surface area contributed by atoms with Crippen molar-refractivity contribution >= 4 is 11.8 Å². The van der Waals surface area contributed by atoms with Crippen molar-refractivity contribution < 1.29 is 5.11 Å². The number of hydrogen-bond acceptors (Lipinski definition) is 5. The zero-order chi connectivity index (χ0) is 16.9. The van der Waals surface area contributed by atoms with E-state index in [1.807, 2.05) is 10.9 Å². The van der Waals surface area contributed by atoms with E-state index in [0.717, 1.165) is 38.2 Å². The van der Waals surface area contributed by atoms with E-state index >= 15 is 0 Å². The average Bonchev–Trinajstić information content (AvgIpc) is 3.03. The SMILES string of the molecule is CSc1cccc(CN2CCC(n3cc(C[C@H](C)O)nn3)CC2)c1. The number of aromatic nitrogens is 3. The van der Waals surface area contributed by atoms with E-state index in [-0.39, 0.29) is 6.10 Å². The molecule has 1 N–H and O–H groups in total. The predicted octanol–water partition coefficient (Wildman–Crippen LogP) is 2.76. The minimum absolute atomic E-state index is 0.367. The van der Waals surface area contributed by atoms with E-state index < -0.39 is 0 Å². The van der Waals surface area contributed by atoms with E-state index in [1.165, 1.54) is 10.5 Å². The van der Waals surface area contributed by atoms with Crippen LogP contribution in [0.15, 0.2) is 35.4 Å². The standard InChI is InChI=1S/C18H26N4OS/c1-14(23)10-16-13-22(20-19-16)17-6-8-21(9-7-17)12-15-4-3-5-18(11-15)24-2/h3-5,11,13-14,17,23H,6-10,12H2,1-2H3/t14-/m0/s1. The lowest BCUT2D eigenvalue weighted by atomic mass is 10.0. The molecule has 1 atom stereocenters. The molecule has 2 aromatic rings. The number of aliphatic hydroxyl groups is 1. The lowest BCUT2D eigenvalue weighted by Crippen LogP contribution is -2.34. The third-order valence-electron chi connectivity index (χ3n) is 4.53. The normalized spacial score (nSPS) is 18.0. The number of hydrogen-bond donors (Lipinski definition) is 1. The first-order valence-electron chi connectivity index (χ1n) is 8.58. The molecule has 1 aromatic carbocycles. The Bertz CT molecular complexity index is 650. The number of likely N-dealkylation sites (tertiary alicyclic amines) is 1. The summed E-state index contributed by atoms with van der Waals surface area (Å²) in [7, 11) is 0. The van der Waals surface area contributed by atoms with Gasteiger partial charge in [0.2, 0.25) is 0 Å². The zero-order valence-electron chi connectivity index (χ0n) is 14.4. The minimum atomic E-state index is -0.367. The molecule has 0 aliphatic carbocycles. The van der Waals surface area contributed by atoms with E-state index in [1.54, 1.807) is 18.7 Å². The van der Waals surface area contributed by atoms with Gasteiger partial charge in [-0.05, 0) is 43.7 Å². The van der Waals surface area contributed by atoms with Gasteiger partial charge < -0.3 is 5.11 Å². The second-order valence-electron chi connectivity index (χ2n) is 6.60. The summed E-state index contributed by atoms with van der Waals surface area (Å²) in [5.74, 6) is 0. The average molecular weight is 347 g/mol. The lowest BCUT2D eigenvalue weighted by molar-refractivity contribution is 0.172. The maximum absolute atomic E-state index is 9.45. The highest BCUT2D eigenvalue weighted by molar-refractivity contribution is 7.98. The molecule has 1 fully saturated rings. The van der Waals surface area contributed by atoms with Crippen LogP contribution in [0, 0.1) is 0 Å². The van der Waals surface area contributed by atoms with Crippen LogP contribution in [0.5, 0.6) is 0 Å². The summed E-state index contributed by atoms with van der Waals surface area (Å²) in [5.41, 5.74) is 2.27. The van der Waals surface area contributed by atoms with Crippen LogP contribution in [0.1, 0.15) is 37.1 Å². The number of nitrogens with zero attached hydrogens (tertiary/aromatic N) is 4. The fourth-order valence-corrected chi connectivity index (χ4v) is 3.74. The number of thioether (sulfide) groups is 1. The van der Waals surface area contributed by atoms with Gasteiger partial charge >= 0.3 is 0 Å². The van der Waals surface area contributed by atoms with Crippen molar-refractivity contribution in [1.82, 2.24) is 19.9 Å². The van der Waals surface area contributed by atoms with Crippen LogP contribution in [-0.2, 0) is 13.0 Å². The Morgan fingerprint density at radius 2 is 2.12 bits per heavy atom. The summed E-state index contributed by atoms with van der Waals surface area (Å²) in [6.07, 6.45) is 6.52. The summed E-state index contributed by atoms with van der Waals surface area (Å²) >= 11 is 1.79. The fourth-order valence-electron chi connectivity index (χ4n) is 3.26. The van der Waals surface area contributed by atoms with Gasteiger partial charge in [-0.15, -0.1) is 16.9 Å². The van der Waals surface area contributed by atoms with Crippen molar-refractivity contribution in [2.75, 3.05) is 19.3 Å². The summed E-state index contributed by atoms with van der Waals surface area (Å²) < 4.78 is 1.99. The number of benzene rings is 1. The van der Waals surface area contributed by atoms with Gasteiger partial charge in [0, 0.05) is 37.1 Å². The molecule has 0 unspecified atom stereocenters. The third kappa shape index (κ3) is 4.59. The molecule has 2 heterocycles. The molecule has 0 spiro atoms. The third-order valence-corrected chi connectivity index (χ3v) is 5.26. The molecule has 3 rings (SSSR count). The monoisotopic (exact) mass is 346 g/mol. The van der Waals surface area contributed by atoms with Crippen LogP contribution in [0.3, 0.4) is 0 Å². The summed E-state index contributed by atoms with van der Waals surface area (Å²) in [6, 6.07) is 9.24. The molecule has 0 bridgehead atoms. The highest BCUT2D eigenvalue weighted by Gasteiger charge is 2.22. The van der Waals surface area contributed by atoms with Gasteiger partial charge in [0.1, 0.15) is 0 Å². The smallest absolute Gasteiger partial charge is 0.0852 e. The fraction of sp³-hybridized carbons (Fsp3) is 0.556. The Morgan fingerprint density at radius 1 is 1.33 bits per heavy atom. The second kappa shape index (κ2) is 8.14. The van der Waals surface area contributed by atoms with Crippen LogP contribution in [0.25, 0.3) is 0 Å². The van der Waals surface area contributed by atoms with Gasteiger partial charge in [0.05, 0.1) is 17.8 Å². The minimum Gasteiger partial charge on any atom is -0.393 e. The maximum atomic E-state index is 9.45. The maximum Gasteiger partial charge on any atom is 0.0852 e. The largest absolute Gasteiger partial charge is 0.393 e. The van der Waals surface area contributed by atoms with Gasteiger partial charge in [0.25, 0.3) is 0 Å². The van der Waals surface area contributed by atoms with Crippen molar-refractivity contribution in [3.05, 3.63) is 41.7 Å². The van der Waals surface area contributed by atoms with Crippen molar-refractivity contribution in [3.63, 3.8) is 0 Å². The highest BCUT2D eigenvalue weighted by Crippen LogP contribution is 2.24. The molecule has 1 saturated heterocycles. The molecule has 0 saturated carbocycles. The number of piperidine rings is 1. The van der Waals surface area contributed by atoms with E-state index in [4.69, 9.17) is 0 Å². The van der Waals surface area contributed by atoms with Crippen LogP contribution in [0.2, 0.25) is 0 Å². The molecule has 130 valence electrons. The molecule has 1 aliphatic heterocycles. The van der Waals surface area contributed by atoms with Crippen LogP contribution < -0.4 is 0 Å². The molecule has 5 nitrogen and oxygen atoms in total. The van der Waals surface area contributed by atoms with Crippen molar-refractivity contribution in [2.24, 2.45) is 0 Å². The molecule has 1 aromatic heterocycles. The molecule has 24 heavy (non-hydrogen) atoms. The Morgan fingerprint density at radius 3 is 2.83 bits per heavy atom. The second-order valence-corrected chi connectivity index (χ2v) is 7.48. The predicted molar refractivity (Wildman–Crippen MR) is 97.2 cm³/mol. The number of aliphatic hydroxyl groups excluding tert-OH is 1. The van der Waals surface area contributed by atoms with Crippen LogP contribution in [0.4, 0.5) is 0 Å². The molecule has 1 aliphatic rings. The van der Waals surface area contributed by atoms with Crippen molar-refractivity contribution in [2.45, 2.75) is 49.8 Å². The first kappa shape index (κ1) is 17.5. The van der Waals surface area contributed by atoms with Crippen molar-refractivity contribution in [3.8, 4) is 0 Å². The topological polar surface area (TPSA) is 54.2 Å². The first-order chi connectivity index (χ1) is 11.6. The number of rotatable bonds is 6. The first-order valence-corrected chi connectivity index (χ1v) is 9.80. The van der Waals surface area contributed by atoms with E-state index in [0.29, 0.717) is 12.5 Å². The Kier molecular flexibility index (Phi) is 5.92. The Hall–Kier alpha value is -1.37. The summed E-state index contributed by atoms with van der Waals surface area (Å²) in [6.45, 7) is 4.97. The molecule has 0 radical (unpaired) electrons. The molecule has 0 amide bonds. The van der Waals surface area contributed by atoms with Gasteiger partial charge in [-0.3, -0.25) is 4.90 Å². The van der Waals surface area contributed by atoms with Crippen LogP contribution in [-0.4, -0.2) is 50.4 Å². The quantitative estimate of drug-likeness (QED) is 0.815. The van der Waals surface area contributed by atoms with Gasteiger partial charge in [-0.1, -0.05) is 17.3 Å². The van der Waals surface area contributed by atoms with Gasteiger partial charge in [-0.25, -0.2) is 4.68 Å². The Labute approximate surface area is 148 Å². The van der Waals surface area contributed by atoms with E-state index in [9.17, 15) is 5.11 Å². The molecular formula is C18H26N4OS. The van der Waals surface area contributed by atoms with E-state index in [2.05, 4.69) is 45.7 Å². The van der Waals surface area contributed by atoms with Gasteiger partial charge in [-0.2, -0.15) is 0 Å². The zero-order valence-corrected chi connectivity index (χ0v) is 15.2. The van der Waals surface area contributed by atoms with Crippen LogP contribution >= 0.6 is 11.8 Å².